The molecule has 2 bridgehead atoms. The number of hydrogen-bond acceptors (Lipinski definition) is 5. The molecule has 0 aromatic rings. The summed E-state index contributed by atoms with van der Waals surface area (Å²) in [6.07, 6.45) is 7.16. The third kappa shape index (κ3) is 4.42. The zero-order valence-electron chi connectivity index (χ0n) is 20.9. The predicted octanol–water partition coefficient (Wildman–Crippen LogP) is 1.98. The second kappa shape index (κ2) is 11.0. The first-order chi connectivity index (χ1) is 16.3. The molecule has 3 aliphatic heterocycles. The van der Waals surface area contributed by atoms with Crippen LogP contribution in [0.4, 0.5) is 0 Å². The van der Waals surface area contributed by atoms with Crippen LogP contribution in [0, 0.1) is 11.8 Å². The van der Waals surface area contributed by atoms with Crippen LogP contribution in [0.1, 0.15) is 52.4 Å². The van der Waals surface area contributed by atoms with Gasteiger partial charge in [-0.25, -0.2) is 0 Å². The molecule has 1 N–H and O–H groups in total. The van der Waals surface area contributed by atoms with Crippen molar-refractivity contribution in [2.24, 2.45) is 11.8 Å². The van der Waals surface area contributed by atoms with Gasteiger partial charge in [0.25, 0.3) is 0 Å². The number of aliphatic hydroxyl groups is 1. The fourth-order valence-electron chi connectivity index (χ4n) is 6.24. The van der Waals surface area contributed by atoms with E-state index in [0.717, 1.165) is 12.8 Å². The van der Waals surface area contributed by atoms with Gasteiger partial charge in [0, 0.05) is 39.3 Å². The van der Waals surface area contributed by atoms with Crippen LogP contribution in [0.25, 0.3) is 0 Å². The highest BCUT2D eigenvalue weighted by molar-refractivity contribution is 5.99. The van der Waals surface area contributed by atoms with Crippen molar-refractivity contribution in [3.8, 4) is 0 Å². The van der Waals surface area contributed by atoms with Crippen molar-refractivity contribution in [2.45, 2.75) is 76.2 Å². The Hall–Kier alpha value is -2.19. The predicted molar refractivity (Wildman–Crippen MR) is 130 cm³/mol. The molecule has 3 fully saturated rings. The molecule has 0 aromatic heterocycles. The van der Waals surface area contributed by atoms with Crippen molar-refractivity contribution in [1.29, 1.82) is 0 Å². The topological polar surface area (TPSA) is 90.4 Å². The number of carbonyl (C=O) groups excluding carboxylic acids is 3. The normalized spacial score (nSPS) is 30.2. The molecule has 190 valence electrons. The van der Waals surface area contributed by atoms with Crippen LogP contribution in [-0.2, 0) is 19.1 Å². The Balaban J connectivity index is 2.00. The van der Waals surface area contributed by atoms with Gasteiger partial charge in [-0.3, -0.25) is 14.4 Å². The number of ether oxygens (including phenoxy) is 1. The zero-order chi connectivity index (χ0) is 25.0. The van der Waals surface area contributed by atoms with Gasteiger partial charge in [-0.15, -0.1) is 13.2 Å². The average molecular weight is 476 g/mol. The molecule has 3 saturated heterocycles. The van der Waals surface area contributed by atoms with E-state index in [1.54, 1.807) is 33.9 Å². The van der Waals surface area contributed by atoms with E-state index < -0.39 is 23.5 Å². The number of aliphatic hydroxyl groups excluding tert-OH is 1. The minimum absolute atomic E-state index is 0.00454. The molecular weight excluding hydrogens is 434 g/mol. The number of likely N-dealkylation sites (N-methyl/N-ethyl adjacent to an activating group) is 1. The van der Waals surface area contributed by atoms with Crippen LogP contribution in [0.5, 0.6) is 0 Å². The molecule has 8 heteroatoms. The Morgan fingerprint density at radius 2 is 1.97 bits per heavy atom. The number of amides is 3. The Morgan fingerprint density at radius 1 is 1.26 bits per heavy atom. The maximum absolute atomic E-state index is 14.1. The van der Waals surface area contributed by atoms with Gasteiger partial charge in [-0.1, -0.05) is 25.5 Å². The highest BCUT2D eigenvalue weighted by Crippen LogP contribution is 2.59. The summed E-state index contributed by atoms with van der Waals surface area (Å²) in [6.45, 7) is 12.8. The summed E-state index contributed by atoms with van der Waals surface area (Å²) in [4.78, 5) is 46.4. The Labute approximate surface area is 203 Å². The monoisotopic (exact) mass is 475 g/mol. The first kappa shape index (κ1) is 26.4. The molecular formula is C26H41N3O5. The lowest BCUT2D eigenvalue weighted by Gasteiger charge is -2.39. The van der Waals surface area contributed by atoms with Crippen molar-refractivity contribution in [3.05, 3.63) is 25.3 Å². The smallest absolute Gasteiger partial charge is 0.248 e. The molecule has 3 heterocycles. The number of unbranched alkanes of at least 4 members (excludes halogenated alkanes) is 1. The van der Waals surface area contributed by atoms with Gasteiger partial charge in [0.15, 0.2) is 0 Å². The summed E-state index contributed by atoms with van der Waals surface area (Å²) in [5.41, 5.74) is -0.987. The standard InChI is InChI=1S/C26H41N3O5/c1-6-11-18(4)28(15-8-3)25(33)22-26-13-12-19(34-26)20(23(31)27(5)14-7-2)21(26)24(32)29(22)16-9-10-17-30/h7-8,18-22,30H,2-3,6,9-17H2,1,4-5H3/t18?,19-,20+,21+,22?,26?/m1/s1. The summed E-state index contributed by atoms with van der Waals surface area (Å²) in [5, 5.41) is 9.29. The van der Waals surface area contributed by atoms with E-state index in [9.17, 15) is 19.5 Å². The number of carbonyl (C=O) groups is 3. The molecule has 0 aliphatic carbocycles. The summed E-state index contributed by atoms with van der Waals surface area (Å²) < 4.78 is 6.50. The van der Waals surface area contributed by atoms with Gasteiger partial charge in [0.2, 0.25) is 17.7 Å². The molecule has 1 spiro atoms. The SMILES string of the molecule is C=CCN(C)C(=O)[C@@H]1[C@H]2C(=O)N(CCCCO)C(C(=O)N(CC=C)C(C)CCC)C23CC[C@H]1O3. The maximum Gasteiger partial charge on any atom is 0.248 e. The second-order valence-electron chi connectivity index (χ2n) is 9.94. The molecule has 0 radical (unpaired) electrons. The highest BCUT2D eigenvalue weighted by atomic mass is 16.5. The second-order valence-corrected chi connectivity index (χ2v) is 9.94. The van der Waals surface area contributed by atoms with E-state index in [1.165, 1.54) is 0 Å². The van der Waals surface area contributed by atoms with Crippen molar-refractivity contribution < 1.29 is 24.2 Å². The van der Waals surface area contributed by atoms with E-state index in [0.29, 0.717) is 45.3 Å². The minimum Gasteiger partial charge on any atom is -0.396 e. The van der Waals surface area contributed by atoms with Crippen LogP contribution < -0.4 is 0 Å². The lowest BCUT2D eigenvalue weighted by molar-refractivity contribution is -0.150. The molecule has 0 saturated carbocycles. The third-order valence-electron chi connectivity index (χ3n) is 7.75. The maximum atomic E-state index is 14.1. The summed E-state index contributed by atoms with van der Waals surface area (Å²) in [6, 6.07) is -0.773. The molecule has 6 atom stereocenters. The largest absolute Gasteiger partial charge is 0.396 e. The van der Waals surface area contributed by atoms with E-state index in [2.05, 4.69) is 20.1 Å². The van der Waals surface area contributed by atoms with Crippen LogP contribution in [0.2, 0.25) is 0 Å². The fraction of sp³-hybridized carbons (Fsp3) is 0.731. The van der Waals surface area contributed by atoms with Crippen LogP contribution in [0.3, 0.4) is 0 Å². The van der Waals surface area contributed by atoms with Crippen molar-refractivity contribution in [1.82, 2.24) is 14.7 Å². The number of hydrogen-bond donors (Lipinski definition) is 1. The molecule has 0 aromatic carbocycles. The number of nitrogens with zero attached hydrogens (tertiary/aromatic N) is 3. The van der Waals surface area contributed by atoms with Gasteiger partial charge in [-0.05, 0) is 39.0 Å². The summed E-state index contributed by atoms with van der Waals surface area (Å²) in [5.74, 6) is -1.69. The Morgan fingerprint density at radius 3 is 2.59 bits per heavy atom. The van der Waals surface area contributed by atoms with Gasteiger partial charge in [0.1, 0.15) is 11.6 Å². The number of rotatable bonds is 13. The Kier molecular flexibility index (Phi) is 8.57. The van der Waals surface area contributed by atoms with Crippen molar-refractivity contribution in [2.75, 3.05) is 33.3 Å². The highest BCUT2D eigenvalue weighted by Gasteiger charge is 2.74. The third-order valence-corrected chi connectivity index (χ3v) is 7.75. The van der Waals surface area contributed by atoms with E-state index in [-0.39, 0.29) is 36.5 Å². The molecule has 34 heavy (non-hydrogen) atoms. The Bertz CT molecular complexity index is 801. The fourth-order valence-corrected chi connectivity index (χ4v) is 6.24. The quantitative estimate of drug-likeness (QED) is 0.325. The van der Waals surface area contributed by atoms with E-state index >= 15 is 0 Å². The molecule has 3 rings (SSSR count). The minimum atomic E-state index is -0.987. The first-order valence-electron chi connectivity index (χ1n) is 12.6. The molecule has 3 aliphatic rings. The first-order valence-corrected chi connectivity index (χ1v) is 12.6. The summed E-state index contributed by atoms with van der Waals surface area (Å²) in [7, 11) is 1.71. The van der Waals surface area contributed by atoms with Gasteiger partial charge < -0.3 is 24.5 Å². The van der Waals surface area contributed by atoms with Gasteiger partial charge >= 0.3 is 0 Å². The number of fused-ring (bicyclic) bond motifs is 1. The van der Waals surface area contributed by atoms with Crippen molar-refractivity contribution in [3.63, 3.8) is 0 Å². The molecule has 8 nitrogen and oxygen atoms in total. The number of likely N-dealkylation sites (tertiary alicyclic amines) is 1. The van der Waals surface area contributed by atoms with Crippen LogP contribution in [-0.4, -0.2) is 94.6 Å². The lowest BCUT2D eigenvalue weighted by Crippen LogP contribution is -2.58. The average Bonchev–Trinajstić information content (AvgIpc) is 3.44. The van der Waals surface area contributed by atoms with E-state index in [1.807, 2.05) is 6.92 Å². The van der Waals surface area contributed by atoms with Crippen molar-refractivity contribution >= 4 is 17.7 Å². The summed E-state index contributed by atoms with van der Waals surface area (Å²) >= 11 is 0. The zero-order valence-corrected chi connectivity index (χ0v) is 20.9. The molecule has 3 amide bonds. The van der Waals surface area contributed by atoms with E-state index in [4.69, 9.17) is 4.74 Å². The van der Waals surface area contributed by atoms with Crippen LogP contribution >= 0.6 is 0 Å². The van der Waals surface area contributed by atoms with Gasteiger partial charge in [-0.2, -0.15) is 0 Å². The lowest BCUT2D eigenvalue weighted by atomic mass is 9.70. The van der Waals surface area contributed by atoms with Gasteiger partial charge in [0.05, 0.1) is 17.9 Å². The molecule has 3 unspecified atom stereocenters. The van der Waals surface area contributed by atoms with Crippen LogP contribution in [0.15, 0.2) is 25.3 Å².